The highest BCUT2D eigenvalue weighted by Gasteiger charge is 2.25. The Morgan fingerprint density at radius 2 is 1.55 bits per heavy atom. The maximum atomic E-state index is 12.0. The lowest BCUT2D eigenvalue weighted by molar-refractivity contribution is 0.481. The molecule has 0 aromatic heterocycles. The van der Waals surface area contributed by atoms with Crippen LogP contribution in [0.2, 0.25) is 0 Å². The maximum Gasteiger partial charge on any atom is 0.505 e. The summed E-state index contributed by atoms with van der Waals surface area (Å²) in [7, 11) is 0. The molecule has 0 heterocycles. The van der Waals surface area contributed by atoms with Gasteiger partial charge in [-0.1, -0.05) is 27.7 Å². The summed E-state index contributed by atoms with van der Waals surface area (Å²) in [6, 6.07) is 0. The number of halogens is 3. The van der Waals surface area contributed by atoms with Crippen LogP contribution in [0.1, 0.15) is 27.7 Å². The number of hydrogen-bond acceptors (Lipinski definition) is 0. The van der Waals surface area contributed by atoms with E-state index < -0.39 is 12.4 Å². The summed E-state index contributed by atoms with van der Waals surface area (Å²) < 4.78 is 35.9. The van der Waals surface area contributed by atoms with Gasteiger partial charge in [-0.2, -0.15) is 0 Å². The molecule has 0 aliphatic heterocycles. The fourth-order valence-electron chi connectivity index (χ4n) is 0.778. The van der Waals surface area contributed by atoms with Gasteiger partial charge in [0.2, 0.25) is 0 Å². The van der Waals surface area contributed by atoms with Crippen LogP contribution >= 0.6 is 0 Å². The van der Waals surface area contributed by atoms with Gasteiger partial charge in [0.25, 0.3) is 0 Å². The van der Waals surface area contributed by atoms with Crippen molar-refractivity contribution in [3.63, 3.8) is 0 Å². The zero-order valence-corrected chi connectivity index (χ0v) is 7.29. The average molecular weight is 165 g/mol. The third-order valence-electron chi connectivity index (χ3n) is 1.18. The lowest BCUT2D eigenvalue weighted by Gasteiger charge is -2.20. The summed E-state index contributed by atoms with van der Waals surface area (Å²) in [5, 5.41) is 0. The van der Waals surface area contributed by atoms with E-state index in [0.717, 1.165) is 6.92 Å². The van der Waals surface area contributed by atoms with E-state index in [9.17, 15) is 12.9 Å². The largest absolute Gasteiger partial charge is 0.505 e. The van der Waals surface area contributed by atoms with Gasteiger partial charge >= 0.3 is 6.98 Å². The summed E-state index contributed by atoms with van der Waals surface area (Å²) in [5.41, 5.74) is -0.848. The molecule has 0 rings (SSSR count). The van der Waals surface area contributed by atoms with Crippen molar-refractivity contribution in [2.45, 2.75) is 27.7 Å². The van der Waals surface area contributed by atoms with Gasteiger partial charge in [0.15, 0.2) is 0 Å². The van der Waals surface area contributed by atoms with Gasteiger partial charge < -0.3 is 12.9 Å². The van der Waals surface area contributed by atoms with Crippen molar-refractivity contribution in [3.8, 4) is 0 Å². The summed E-state index contributed by atoms with van der Waals surface area (Å²) in [5.74, 6) is 0. The van der Waals surface area contributed by atoms with Crippen molar-refractivity contribution in [1.29, 1.82) is 0 Å². The quantitative estimate of drug-likeness (QED) is 0.522. The van der Waals surface area contributed by atoms with Crippen LogP contribution in [-0.4, -0.2) is 6.98 Å². The van der Waals surface area contributed by atoms with Crippen LogP contribution in [0.5, 0.6) is 0 Å². The zero-order chi connectivity index (χ0) is 9.28. The van der Waals surface area contributed by atoms with Gasteiger partial charge in [-0.15, -0.1) is 11.5 Å². The van der Waals surface area contributed by atoms with Crippen LogP contribution < -0.4 is 0 Å². The number of rotatable bonds is 1. The molecule has 0 aliphatic rings. The minimum Gasteiger partial charge on any atom is -0.445 e. The Kier molecular flexibility index (Phi) is 2.81. The Balaban J connectivity index is 4.49. The highest BCUT2D eigenvalue weighted by atomic mass is 19.4. The lowest BCUT2D eigenvalue weighted by Crippen LogP contribution is -2.19. The summed E-state index contributed by atoms with van der Waals surface area (Å²) in [6.45, 7) is 1.59. The minimum absolute atomic E-state index is 0.388. The van der Waals surface area contributed by atoms with Crippen molar-refractivity contribution in [1.82, 2.24) is 0 Å². The van der Waals surface area contributed by atoms with Gasteiger partial charge in [0, 0.05) is 0 Å². The Morgan fingerprint density at radius 1 is 1.18 bits per heavy atom. The van der Waals surface area contributed by atoms with E-state index in [4.69, 9.17) is 0 Å². The molecule has 0 fully saturated rings. The van der Waals surface area contributed by atoms with Crippen molar-refractivity contribution in [2.75, 3.05) is 0 Å². The molecule has 4 heteroatoms. The Morgan fingerprint density at radius 3 is 1.64 bits per heavy atom. The second-order valence-corrected chi connectivity index (χ2v) is 3.83. The molecule has 0 amide bonds. The third-order valence-corrected chi connectivity index (χ3v) is 1.18. The third kappa shape index (κ3) is 4.93. The van der Waals surface area contributed by atoms with Crippen molar-refractivity contribution >= 4 is 6.98 Å². The molecule has 0 N–H and O–H groups in total. The Hall–Kier alpha value is -0.405. The monoisotopic (exact) mass is 165 g/mol. The molecule has 0 nitrogen and oxygen atoms in total. The molecule has 0 bridgehead atoms. The Labute approximate surface area is 65.5 Å². The van der Waals surface area contributed by atoms with Gasteiger partial charge in [0.05, 0.1) is 0 Å². The van der Waals surface area contributed by atoms with Crippen molar-refractivity contribution in [3.05, 3.63) is 11.5 Å². The molecule has 66 valence electrons. The molecule has 0 aliphatic carbocycles. The predicted octanol–water partition coefficient (Wildman–Crippen LogP) is 3.37. The van der Waals surface area contributed by atoms with Crippen LogP contribution in [0.3, 0.4) is 0 Å². The molecule has 0 aromatic rings. The average Bonchev–Trinajstić information content (AvgIpc) is 1.56. The second kappa shape index (κ2) is 2.91. The van der Waals surface area contributed by atoms with E-state index in [-0.39, 0.29) is 5.41 Å². The van der Waals surface area contributed by atoms with Crippen LogP contribution in [0, 0.1) is 5.41 Å². The molecular weight excluding hydrogens is 152 g/mol. The predicted molar refractivity (Wildman–Crippen MR) is 42.3 cm³/mol. The fraction of sp³-hybridized carbons (Fsp3) is 0.714. The first-order chi connectivity index (χ1) is 4.63. The standard InChI is InChI=1S/C7H13BF3/c1-6(8(9,10)11)5-7(2,3)4/h5H,1-4H3/q-1/b6-5-. The zero-order valence-electron chi connectivity index (χ0n) is 7.29. The van der Waals surface area contributed by atoms with Crippen LogP contribution in [0.15, 0.2) is 11.5 Å². The molecular formula is C7H13BF3-. The van der Waals surface area contributed by atoms with Gasteiger partial charge in [0.1, 0.15) is 0 Å². The molecule has 0 atom stereocenters. The van der Waals surface area contributed by atoms with Gasteiger partial charge in [-0.25, -0.2) is 0 Å². The van der Waals surface area contributed by atoms with Crippen LogP contribution in [0.25, 0.3) is 0 Å². The highest BCUT2D eigenvalue weighted by Crippen LogP contribution is 2.25. The molecule has 0 spiro atoms. The first kappa shape index (κ1) is 10.6. The number of hydrogen-bond donors (Lipinski definition) is 0. The molecule has 0 aromatic carbocycles. The van der Waals surface area contributed by atoms with Crippen molar-refractivity contribution < 1.29 is 12.9 Å². The van der Waals surface area contributed by atoms with E-state index in [1.165, 1.54) is 6.08 Å². The topological polar surface area (TPSA) is 0 Å². The normalized spacial score (nSPS) is 15.4. The van der Waals surface area contributed by atoms with Gasteiger partial charge in [-0.3, -0.25) is 0 Å². The lowest BCUT2D eigenvalue weighted by atomic mass is 9.76. The molecule has 0 saturated carbocycles. The van der Waals surface area contributed by atoms with E-state index in [1.807, 2.05) is 0 Å². The SMILES string of the molecule is C/C(=C/C(C)(C)C)[B-](F)(F)F. The first-order valence-electron chi connectivity index (χ1n) is 3.52. The fourth-order valence-corrected chi connectivity index (χ4v) is 0.778. The molecule has 11 heavy (non-hydrogen) atoms. The minimum atomic E-state index is -4.77. The summed E-state index contributed by atoms with van der Waals surface area (Å²) in [6.07, 6.45) is 1.26. The number of allylic oxidation sites excluding steroid dienone is 2. The Bertz CT molecular complexity index is 162. The van der Waals surface area contributed by atoms with E-state index in [1.54, 1.807) is 20.8 Å². The molecule has 0 saturated heterocycles. The molecule has 0 radical (unpaired) electrons. The second-order valence-electron chi connectivity index (χ2n) is 3.83. The van der Waals surface area contributed by atoms with E-state index in [0.29, 0.717) is 0 Å². The van der Waals surface area contributed by atoms with Crippen molar-refractivity contribution in [2.24, 2.45) is 5.41 Å². The van der Waals surface area contributed by atoms with E-state index in [2.05, 4.69) is 0 Å². The maximum absolute atomic E-state index is 12.0. The van der Waals surface area contributed by atoms with Crippen LogP contribution in [-0.2, 0) is 0 Å². The summed E-state index contributed by atoms with van der Waals surface area (Å²) in [4.78, 5) is 0. The van der Waals surface area contributed by atoms with E-state index >= 15 is 0 Å². The molecule has 0 unspecified atom stereocenters. The summed E-state index contributed by atoms with van der Waals surface area (Å²) >= 11 is 0. The first-order valence-corrected chi connectivity index (χ1v) is 3.52. The van der Waals surface area contributed by atoms with Crippen LogP contribution in [0.4, 0.5) is 12.9 Å². The smallest absolute Gasteiger partial charge is 0.445 e. The highest BCUT2D eigenvalue weighted by molar-refractivity contribution is 6.66. The van der Waals surface area contributed by atoms with Gasteiger partial charge in [-0.05, 0) is 5.41 Å².